The summed E-state index contributed by atoms with van der Waals surface area (Å²) in [5, 5.41) is 43.7. The summed E-state index contributed by atoms with van der Waals surface area (Å²) in [5.41, 5.74) is -3.00. The lowest BCUT2D eigenvalue weighted by Gasteiger charge is -2.35. The Bertz CT molecular complexity index is 648. The van der Waals surface area contributed by atoms with Crippen LogP contribution in [0, 0.1) is 42.2 Å². The van der Waals surface area contributed by atoms with Crippen LogP contribution in [0.3, 0.4) is 0 Å². The maximum atomic E-state index is 10.4. The number of piperidine rings is 1. The van der Waals surface area contributed by atoms with Crippen LogP contribution in [0.25, 0.3) is 0 Å². The molecular weight excluding hydrogens is 348 g/mol. The first kappa shape index (κ1) is 19.5. The van der Waals surface area contributed by atoms with E-state index in [0.717, 1.165) is 11.8 Å². The number of hydrogen-bond donors (Lipinski definition) is 2. The second-order valence-corrected chi connectivity index (χ2v) is 6.40. The molecule has 2 atom stereocenters. The van der Waals surface area contributed by atoms with E-state index in [-0.39, 0.29) is 0 Å². The van der Waals surface area contributed by atoms with Crippen molar-refractivity contribution < 1.29 is 19.9 Å². The standard InChI is InChI=1S/C9H17N.C6H3N3O7/c1-2-4-9-7-10-6-5-8(9)3-1;10-6-4(8(13)14)1-3(7(11)12)2-5(6)9(15)16/h8-10H,1-7H2;1-2,10H/t8-,9+;/m1./s1. The molecule has 1 aliphatic heterocycles. The van der Waals surface area contributed by atoms with Gasteiger partial charge in [0.1, 0.15) is 0 Å². The Morgan fingerprint density at radius 1 is 0.885 bits per heavy atom. The summed E-state index contributed by atoms with van der Waals surface area (Å²) in [5.74, 6) is 0.929. The highest BCUT2D eigenvalue weighted by Gasteiger charge is 2.30. The molecule has 1 aromatic carbocycles. The molecule has 3 rings (SSSR count). The van der Waals surface area contributed by atoms with E-state index >= 15 is 0 Å². The number of benzene rings is 1. The van der Waals surface area contributed by atoms with E-state index < -0.39 is 37.6 Å². The van der Waals surface area contributed by atoms with Crippen molar-refractivity contribution >= 4 is 17.1 Å². The number of fused-ring (bicyclic) bond motifs is 1. The molecule has 0 spiro atoms. The minimum atomic E-state index is -1.21. The number of nitrogens with one attached hydrogen (secondary N) is 1. The first-order valence-corrected chi connectivity index (χ1v) is 8.32. The minimum absolute atomic E-state index is 0.447. The molecule has 2 N–H and O–H groups in total. The van der Waals surface area contributed by atoms with Gasteiger partial charge in [0, 0.05) is 0 Å². The van der Waals surface area contributed by atoms with Gasteiger partial charge >= 0.3 is 11.4 Å². The fourth-order valence-electron chi connectivity index (χ4n) is 3.48. The third kappa shape index (κ3) is 4.63. The van der Waals surface area contributed by atoms with E-state index in [1.165, 1.54) is 45.2 Å². The molecule has 0 unspecified atom stereocenters. The molecular formula is C15H20N4O7. The van der Waals surface area contributed by atoms with Gasteiger partial charge in [0.2, 0.25) is 0 Å². The summed E-state index contributed by atoms with van der Waals surface area (Å²) >= 11 is 0. The van der Waals surface area contributed by atoms with Crippen LogP contribution in [0.2, 0.25) is 0 Å². The zero-order valence-electron chi connectivity index (χ0n) is 14.0. The van der Waals surface area contributed by atoms with Crippen LogP contribution in [-0.2, 0) is 0 Å². The van der Waals surface area contributed by atoms with Crippen LogP contribution in [0.1, 0.15) is 32.1 Å². The molecule has 142 valence electrons. The minimum Gasteiger partial charge on any atom is -0.497 e. The number of hydrogen-bond acceptors (Lipinski definition) is 8. The smallest absolute Gasteiger partial charge is 0.324 e. The first-order chi connectivity index (χ1) is 12.3. The van der Waals surface area contributed by atoms with Crippen LogP contribution in [0.4, 0.5) is 17.1 Å². The number of nitro groups is 3. The highest BCUT2D eigenvalue weighted by molar-refractivity contribution is 5.64. The van der Waals surface area contributed by atoms with Gasteiger partial charge in [0.25, 0.3) is 11.4 Å². The monoisotopic (exact) mass is 368 g/mol. The van der Waals surface area contributed by atoms with Crippen molar-refractivity contribution in [3.63, 3.8) is 0 Å². The summed E-state index contributed by atoms with van der Waals surface area (Å²) in [6.45, 7) is 2.59. The largest absolute Gasteiger partial charge is 0.497 e. The molecule has 11 nitrogen and oxygen atoms in total. The highest BCUT2D eigenvalue weighted by atomic mass is 16.6. The number of phenolic OH excluding ortho intramolecular Hbond substituents is 1. The van der Waals surface area contributed by atoms with Crippen molar-refractivity contribution in [3.05, 3.63) is 42.5 Å². The number of aromatic hydroxyl groups is 1. The van der Waals surface area contributed by atoms with Crippen LogP contribution < -0.4 is 5.32 Å². The Kier molecular flexibility index (Phi) is 6.39. The Morgan fingerprint density at radius 3 is 1.88 bits per heavy atom. The average Bonchev–Trinajstić information content (AvgIpc) is 2.61. The molecule has 0 aromatic heterocycles. The maximum absolute atomic E-state index is 10.4. The van der Waals surface area contributed by atoms with Crippen LogP contribution in [0.5, 0.6) is 5.75 Å². The Hall–Kier alpha value is -2.82. The average molecular weight is 368 g/mol. The number of phenols is 1. The zero-order valence-corrected chi connectivity index (χ0v) is 14.0. The van der Waals surface area contributed by atoms with E-state index in [1.807, 2.05) is 0 Å². The highest BCUT2D eigenvalue weighted by Crippen LogP contribution is 2.39. The number of nitrogens with zero attached hydrogens (tertiary/aromatic N) is 3. The molecule has 1 saturated carbocycles. The molecule has 1 aromatic rings. The van der Waals surface area contributed by atoms with Gasteiger partial charge in [0.15, 0.2) is 0 Å². The molecule has 1 heterocycles. The van der Waals surface area contributed by atoms with Gasteiger partial charge in [-0.1, -0.05) is 19.3 Å². The van der Waals surface area contributed by atoms with Gasteiger partial charge in [-0.2, -0.15) is 0 Å². The summed E-state index contributed by atoms with van der Waals surface area (Å²) in [6, 6.07) is 0.894. The summed E-state index contributed by atoms with van der Waals surface area (Å²) < 4.78 is 0. The fourth-order valence-corrected chi connectivity index (χ4v) is 3.48. The molecule has 0 amide bonds. The van der Waals surface area contributed by atoms with Crippen molar-refractivity contribution in [2.24, 2.45) is 11.8 Å². The van der Waals surface area contributed by atoms with E-state index in [0.29, 0.717) is 12.1 Å². The zero-order chi connectivity index (χ0) is 19.3. The van der Waals surface area contributed by atoms with Crippen molar-refractivity contribution in [1.29, 1.82) is 0 Å². The van der Waals surface area contributed by atoms with Crippen molar-refractivity contribution in [1.82, 2.24) is 5.32 Å². The third-order valence-electron chi connectivity index (χ3n) is 4.82. The molecule has 2 aliphatic rings. The molecule has 11 heteroatoms. The topological polar surface area (TPSA) is 162 Å². The maximum Gasteiger partial charge on any atom is 0.324 e. The van der Waals surface area contributed by atoms with Gasteiger partial charge in [-0.05, 0) is 37.8 Å². The van der Waals surface area contributed by atoms with E-state index in [9.17, 15) is 30.3 Å². The lowest BCUT2D eigenvalue weighted by atomic mass is 9.76. The second-order valence-electron chi connectivity index (χ2n) is 6.40. The molecule has 1 aliphatic carbocycles. The number of rotatable bonds is 3. The van der Waals surface area contributed by atoms with Gasteiger partial charge in [0.05, 0.1) is 26.9 Å². The normalized spacial score (nSPS) is 21.7. The fraction of sp³-hybridized carbons (Fsp3) is 0.600. The second kappa shape index (κ2) is 8.52. The summed E-state index contributed by atoms with van der Waals surface area (Å²) in [7, 11) is 0. The van der Waals surface area contributed by atoms with Crippen LogP contribution in [0.15, 0.2) is 12.1 Å². The van der Waals surface area contributed by atoms with Gasteiger partial charge in [-0.15, -0.1) is 0 Å². The van der Waals surface area contributed by atoms with Crippen molar-refractivity contribution in [2.75, 3.05) is 13.1 Å². The number of non-ortho nitro benzene ring substituents is 1. The van der Waals surface area contributed by atoms with Crippen molar-refractivity contribution in [3.8, 4) is 5.75 Å². The molecule has 0 radical (unpaired) electrons. The lowest BCUT2D eigenvalue weighted by Crippen LogP contribution is -2.38. The molecule has 0 bridgehead atoms. The predicted molar refractivity (Wildman–Crippen MR) is 91.0 cm³/mol. The first-order valence-electron chi connectivity index (χ1n) is 8.32. The van der Waals surface area contributed by atoms with Crippen LogP contribution >= 0.6 is 0 Å². The van der Waals surface area contributed by atoms with E-state index in [1.54, 1.807) is 0 Å². The Morgan fingerprint density at radius 2 is 1.42 bits per heavy atom. The predicted octanol–water partition coefficient (Wildman–Crippen LogP) is 2.90. The Labute approximate surface area is 148 Å². The summed E-state index contributed by atoms with van der Waals surface area (Å²) in [6.07, 6.45) is 7.46. The number of nitro benzene ring substituents is 3. The van der Waals surface area contributed by atoms with E-state index in [2.05, 4.69) is 5.32 Å². The Balaban J connectivity index is 0.000000206. The van der Waals surface area contributed by atoms with Gasteiger partial charge in [-0.25, -0.2) is 0 Å². The van der Waals surface area contributed by atoms with Crippen LogP contribution in [-0.4, -0.2) is 33.0 Å². The molecule has 1 saturated heterocycles. The van der Waals surface area contributed by atoms with Gasteiger partial charge < -0.3 is 10.4 Å². The SMILES string of the molecule is C1CC[C@H]2CNCC[C@H]2C1.O=[N+]([O-])c1cc([N+](=O)[O-])c(O)c([N+](=O)[O-])c1. The summed E-state index contributed by atoms with van der Waals surface area (Å²) in [4.78, 5) is 27.8. The van der Waals surface area contributed by atoms with Gasteiger partial charge in [-0.3, -0.25) is 30.3 Å². The van der Waals surface area contributed by atoms with Crippen molar-refractivity contribution in [2.45, 2.75) is 32.1 Å². The molecule has 2 fully saturated rings. The molecule has 26 heavy (non-hydrogen) atoms. The lowest BCUT2D eigenvalue weighted by molar-refractivity contribution is -0.404. The third-order valence-corrected chi connectivity index (χ3v) is 4.82. The van der Waals surface area contributed by atoms with E-state index in [4.69, 9.17) is 5.11 Å². The quantitative estimate of drug-likeness (QED) is 0.607.